The summed E-state index contributed by atoms with van der Waals surface area (Å²) in [6.45, 7) is 0. The predicted octanol–water partition coefficient (Wildman–Crippen LogP) is 1.38. The summed E-state index contributed by atoms with van der Waals surface area (Å²) in [7, 11) is 4.17. The topological polar surface area (TPSA) is 82.1 Å². The van der Waals surface area contributed by atoms with Crippen molar-refractivity contribution in [2.24, 2.45) is 0 Å². The molecule has 0 unspecified atom stereocenters. The SMILES string of the molecule is COc1cc2c(c(OC)c1OC)C(O)=CC(=O)C2=O. The van der Waals surface area contributed by atoms with Gasteiger partial charge in [-0.3, -0.25) is 9.59 Å². The molecule has 0 heterocycles. The summed E-state index contributed by atoms with van der Waals surface area (Å²) in [5.74, 6) is -1.23. The van der Waals surface area contributed by atoms with Gasteiger partial charge in [0.05, 0.1) is 26.9 Å². The minimum Gasteiger partial charge on any atom is -0.507 e. The van der Waals surface area contributed by atoms with Crippen LogP contribution in [0.3, 0.4) is 0 Å². The summed E-state index contributed by atoms with van der Waals surface area (Å²) in [4.78, 5) is 23.3. The van der Waals surface area contributed by atoms with Crippen LogP contribution in [0.1, 0.15) is 15.9 Å². The van der Waals surface area contributed by atoms with Crippen molar-refractivity contribution in [2.75, 3.05) is 21.3 Å². The second-order valence-corrected chi connectivity index (χ2v) is 3.79. The predicted molar refractivity (Wildman–Crippen MR) is 66.0 cm³/mol. The van der Waals surface area contributed by atoms with Gasteiger partial charge in [0, 0.05) is 11.6 Å². The minimum absolute atomic E-state index is 0.0273. The van der Waals surface area contributed by atoms with Crippen LogP contribution in [0.4, 0.5) is 0 Å². The molecule has 0 aliphatic heterocycles. The van der Waals surface area contributed by atoms with Crippen molar-refractivity contribution in [3.63, 3.8) is 0 Å². The molecule has 1 aromatic carbocycles. The van der Waals surface area contributed by atoms with Crippen LogP contribution < -0.4 is 14.2 Å². The van der Waals surface area contributed by atoms with Crippen molar-refractivity contribution in [1.82, 2.24) is 0 Å². The van der Waals surface area contributed by atoms with Gasteiger partial charge in [0.1, 0.15) is 5.76 Å². The summed E-state index contributed by atoms with van der Waals surface area (Å²) in [5, 5.41) is 9.86. The highest BCUT2D eigenvalue weighted by atomic mass is 16.5. The van der Waals surface area contributed by atoms with Crippen molar-refractivity contribution in [3.05, 3.63) is 23.3 Å². The Morgan fingerprint density at radius 1 is 1.00 bits per heavy atom. The highest BCUT2D eigenvalue weighted by molar-refractivity contribution is 6.50. The molecule has 6 nitrogen and oxygen atoms in total. The van der Waals surface area contributed by atoms with E-state index < -0.39 is 11.6 Å². The first kappa shape index (κ1) is 12.9. The molecule has 1 aliphatic rings. The maximum atomic E-state index is 11.8. The number of aliphatic hydroxyl groups is 1. The Kier molecular flexibility index (Phi) is 3.16. The van der Waals surface area contributed by atoms with E-state index in [1.165, 1.54) is 27.4 Å². The molecular weight excluding hydrogens is 252 g/mol. The molecule has 0 atom stereocenters. The molecule has 0 aromatic heterocycles. The number of allylic oxidation sites excluding steroid dienone is 1. The molecule has 2 rings (SSSR count). The van der Waals surface area contributed by atoms with E-state index in [9.17, 15) is 14.7 Å². The smallest absolute Gasteiger partial charge is 0.234 e. The highest BCUT2D eigenvalue weighted by Gasteiger charge is 2.32. The maximum absolute atomic E-state index is 11.8. The second kappa shape index (κ2) is 4.64. The molecule has 1 N–H and O–H groups in total. The van der Waals surface area contributed by atoms with Crippen LogP contribution in [0.25, 0.3) is 5.76 Å². The van der Waals surface area contributed by atoms with Gasteiger partial charge in [0.2, 0.25) is 17.3 Å². The van der Waals surface area contributed by atoms with Gasteiger partial charge < -0.3 is 19.3 Å². The van der Waals surface area contributed by atoms with Crippen molar-refractivity contribution < 1.29 is 28.9 Å². The van der Waals surface area contributed by atoms with Gasteiger partial charge in [-0.15, -0.1) is 0 Å². The van der Waals surface area contributed by atoms with E-state index >= 15 is 0 Å². The van der Waals surface area contributed by atoms with E-state index in [-0.39, 0.29) is 34.1 Å². The Morgan fingerprint density at radius 3 is 2.16 bits per heavy atom. The van der Waals surface area contributed by atoms with Gasteiger partial charge in [-0.2, -0.15) is 0 Å². The molecule has 0 fully saturated rings. The van der Waals surface area contributed by atoms with Gasteiger partial charge in [0.25, 0.3) is 0 Å². The fraction of sp³-hybridized carbons (Fsp3) is 0.231. The van der Waals surface area contributed by atoms with E-state index in [0.717, 1.165) is 6.08 Å². The van der Waals surface area contributed by atoms with Gasteiger partial charge in [-0.05, 0) is 6.07 Å². The van der Waals surface area contributed by atoms with Crippen molar-refractivity contribution in [2.45, 2.75) is 0 Å². The Morgan fingerprint density at radius 2 is 1.63 bits per heavy atom. The third-order valence-electron chi connectivity index (χ3n) is 2.82. The first-order chi connectivity index (χ1) is 9.04. The number of carbonyl (C=O) groups excluding carboxylic acids is 2. The summed E-state index contributed by atoms with van der Waals surface area (Å²) in [5.41, 5.74) is 0.157. The monoisotopic (exact) mass is 264 g/mol. The Labute approximate surface area is 109 Å². The lowest BCUT2D eigenvalue weighted by molar-refractivity contribution is -0.111. The molecule has 0 saturated heterocycles. The number of fused-ring (bicyclic) bond motifs is 1. The molecular formula is C13H12O6. The summed E-state index contributed by atoms with van der Waals surface area (Å²) in [6, 6.07) is 1.35. The van der Waals surface area contributed by atoms with Gasteiger partial charge in [0.15, 0.2) is 11.5 Å². The number of Topliss-reactive ketones (excluding diaryl/α,β-unsaturated/α-hetero) is 1. The Bertz CT molecular complexity index is 600. The number of ketones is 2. The average molecular weight is 264 g/mol. The summed E-state index contributed by atoms with van der Waals surface area (Å²) >= 11 is 0. The number of methoxy groups -OCH3 is 3. The third kappa shape index (κ3) is 1.81. The zero-order valence-corrected chi connectivity index (χ0v) is 10.6. The van der Waals surface area contributed by atoms with E-state index in [0.29, 0.717) is 0 Å². The number of hydrogen-bond donors (Lipinski definition) is 1. The molecule has 1 aliphatic carbocycles. The Balaban J connectivity index is 2.85. The van der Waals surface area contributed by atoms with Crippen LogP contribution in [0, 0.1) is 0 Å². The van der Waals surface area contributed by atoms with Gasteiger partial charge >= 0.3 is 0 Å². The zero-order valence-electron chi connectivity index (χ0n) is 10.6. The number of rotatable bonds is 3. The Hall–Kier alpha value is -2.50. The van der Waals surface area contributed by atoms with Crippen molar-refractivity contribution in [1.29, 1.82) is 0 Å². The number of benzene rings is 1. The molecule has 1 aromatic rings. The number of aliphatic hydroxyl groups excluding tert-OH is 1. The molecule has 0 saturated carbocycles. The van der Waals surface area contributed by atoms with E-state index in [1.807, 2.05) is 0 Å². The fourth-order valence-electron chi connectivity index (χ4n) is 1.98. The van der Waals surface area contributed by atoms with Crippen LogP contribution in [0.15, 0.2) is 12.1 Å². The summed E-state index contributed by atoms with van der Waals surface area (Å²) < 4.78 is 15.4. The molecule has 100 valence electrons. The van der Waals surface area contributed by atoms with E-state index in [2.05, 4.69) is 0 Å². The highest BCUT2D eigenvalue weighted by Crippen LogP contribution is 2.45. The average Bonchev–Trinajstić information content (AvgIpc) is 2.42. The van der Waals surface area contributed by atoms with Crippen molar-refractivity contribution >= 4 is 17.3 Å². The molecule has 0 bridgehead atoms. The molecule has 0 amide bonds. The fourth-order valence-corrected chi connectivity index (χ4v) is 1.98. The van der Waals surface area contributed by atoms with Gasteiger partial charge in [-0.25, -0.2) is 0 Å². The zero-order chi connectivity index (χ0) is 14.2. The lowest BCUT2D eigenvalue weighted by Crippen LogP contribution is -2.19. The minimum atomic E-state index is -0.792. The largest absolute Gasteiger partial charge is 0.507 e. The van der Waals surface area contributed by atoms with Crippen molar-refractivity contribution in [3.8, 4) is 17.2 Å². The first-order valence-corrected chi connectivity index (χ1v) is 5.37. The van der Waals surface area contributed by atoms with Crippen LogP contribution in [0.2, 0.25) is 0 Å². The number of ether oxygens (including phenoxy) is 3. The maximum Gasteiger partial charge on any atom is 0.234 e. The lowest BCUT2D eigenvalue weighted by atomic mass is 9.92. The molecule has 0 spiro atoms. The van der Waals surface area contributed by atoms with Crippen LogP contribution in [-0.4, -0.2) is 38.0 Å². The van der Waals surface area contributed by atoms with E-state index in [1.54, 1.807) is 0 Å². The van der Waals surface area contributed by atoms with Gasteiger partial charge in [-0.1, -0.05) is 0 Å². The second-order valence-electron chi connectivity index (χ2n) is 3.79. The quantitative estimate of drug-likeness (QED) is 0.830. The molecule has 0 radical (unpaired) electrons. The van der Waals surface area contributed by atoms with Crippen LogP contribution >= 0.6 is 0 Å². The normalized spacial score (nSPS) is 13.7. The first-order valence-electron chi connectivity index (χ1n) is 5.37. The van der Waals surface area contributed by atoms with E-state index in [4.69, 9.17) is 14.2 Å². The lowest BCUT2D eigenvalue weighted by Gasteiger charge is -2.20. The summed E-state index contributed by atoms with van der Waals surface area (Å²) in [6.07, 6.45) is 0.860. The van der Waals surface area contributed by atoms with Crippen LogP contribution in [-0.2, 0) is 4.79 Å². The standard InChI is InChI=1S/C13H12O6/c1-17-9-4-6-10(13(19-3)12(9)18-2)7(14)5-8(15)11(6)16/h4-5,14H,1-3H3. The molecule has 6 heteroatoms. The molecule has 19 heavy (non-hydrogen) atoms. The number of carbonyl (C=O) groups is 2. The van der Waals surface area contributed by atoms with Crippen LogP contribution in [0.5, 0.6) is 17.2 Å². The number of hydrogen-bond acceptors (Lipinski definition) is 6. The third-order valence-corrected chi connectivity index (χ3v) is 2.82.